The summed E-state index contributed by atoms with van der Waals surface area (Å²) < 4.78 is 27.1. The third-order valence-corrected chi connectivity index (χ3v) is 6.80. The molecule has 2 aliphatic rings. The first-order valence-electron chi connectivity index (χ1n) is 7.69. The van der Waals surface area contributed by atoms with E-state index >= 15 is 0 Å². The van der Waals surface area contributed by atoms with Gasteiger partial charge in [-0.3, -0.25) is 4.31 Å². The zero-order chi connectivity index (χ0) is 14.2. The number of rotatable bonds is 7. The van der Waals surface area contributed by atoms with Crippen molar-refractivity contribution in [1.82, 2.24) is 0 Å². The number of hydrogen-bond donors (Lipinski definition) is 0. The van der Waals surface area contributed by atoms with Crippen LogP contribution in [-0.2, 0) is 10.0 Å². The van der Waals surface area contributed by atoms with E-state index in [1.54, 1.807) is 4.31 Å². The van der Waals surface area contributed by atoms with Crippen LogP contribution in [0.15, 0.2) is 30.3 Å². The summed E-state index contributed by atoms with van der Waals surface area (Å²) in [4.78, 5) is 0. The fourth-order valence-corrected chi connectivity index (χ4v) is 4.79. The molecular weight excluding hydrogens is 270 g/mol. The van der Waals surface area contributed by atoms with Crippen LogP contribution in [0.1, 0.15) is 39.0 Å². The molecule has 1 aromatic carbocycles. The van der Waals surface area contributed by atoms with Gasteiger partial charge in [0.25, 0.3) is 0 Å². The Labute approximate surface area is 122 Å². The summed E-state index contributed by atoms with van der Waals surface area (Å²) in [6.07, 6.45) is 5.25. The van der Waals surface area contributed by atoms with Gasteiger partial charge in [0.15, 0.2) is 0 Å². The number of benzene rings is 1. The molecule has 0 amide bonds. The molecule has 0 aliphatic heterocycles. The predicted octanol–water partition coefficient (Wildman–Crippen LogP) is 3.42. The molecule has 0 saturated heterocycles. The van der Waals surface area contributed by atoms with E-state index < -0.39 is 10.0 Å². The lowest BCUT2D eigenvalue weighted by Crippen LogP contribution is -2.38. The Kier molecular flexibility index (Phi) is 3.76. The standard InChI is InChI=1S/C16H23NO2S/c1-2-13(14-8-9-14)12-17(15-6-4-3-5-7-15)20(18,19)16-10-11-16/h3-7,13-14,16H,2,8-12H2,1H3/t13-/m1/s1. The first-order valence-corrected chi connectivity index (χ1v) is 9.20. The second-order valence-electron chi connectivity index (χ2n) is 6.12. The van der Waals surface area contributed by atoms with Gasteiger partial charge >= 0.3 is 0 Å². The van der Waals surface area contributed by atoms with E-state index in [0.717, 1.165) is 30.9 Å². The summed E-state index contributed by atoms with van der Waals surface area (Å²) in [6, 6.07) is 9.61. The molecule has 2 saturated carbocycles. The van der Waals surface area contributed by atoms with E-state index in [9.17, 15) is 8.42 Å². The normalized spacial score (nSPS) is 20.6. The van der Waals surface area contributed by atoms with Crippen LogP contribution >= 0.6 is 0 Å². The molecule has 0 bridgehead atoms. The van der Waals surface area contributed by atoms with Crippen LogP contribution in [-0.4, -0.2) is 20.2 Å². The minimum Gasteiger partial charge on any atom is -0.270 e. The fourth-order valence-electron chi connectivity index (χ4n) is 2.89. The zero-order valence-electron chi connectivity index (χ0n) is 12.0. The van der Waals surface area contributed by atoms with Crippen molar-refractivity contribution in [2.45, 2.75) is 44.3 Å². The Balaban J connectivity index is 1.87. The molecule has 0 N–H and O–H groups in total. The number of nitrogens with zero attached hydrogens (tertiary/aromatic N) is 1. The van der Waals surface area contributed by atoms with Crippen molar-refractivity contribution in [3.05, 3.63) is 30.3 Å². The third-order valence-electron chi connectivity index (χ3n) is 4.51. The number of para-hydroxylation sites is 1. The van der Waals surface area contributed by atoms with Gasteiger partial charge in [0.1, 0.15) is 0 Å². The Morgan fingerprint density at radius 2 is 1.80 bits per heavy atom. The topological polar surface area (TPSA) is 37.4 Å². The molecule has 3 nitrogen and oxygen atoms in total. The molecule has 0 radical (unpaired) electrons. The van der Waals surface area contributed by atoms with Crippen molar-refractivity contribution < 1.29 is 8.42 Å². The first kappa shape index (κ1) is 13.9. The zero-order valence-corrected chi connectivity index (χ0v) is 12.8. The number of anilines is 1. The van der Waals surface area contributed by atoms with E-state index in [-0.39, 0.29) is 5.25 Å². The third kappa shape index (κ3) is 2.85. The van der Waals surface area contributed by atoms with E-state index in [4.69, 9.17) is 0 Å². The van der Waals surface area contributed by atoms with Gasteiger partial charge in [-0.05, 0) is 49.7 Å². The van der Waals surface area contributed by atoms with Crippen molar-refractivity contribution >= 4 is 15.7 Å². The molecule has 0 spiro atoms. The summed E-state index contributed by atoms with van der Waals surface area (Å²) in [6.45, 7) is 2.83. The summed E-state index contributed by atoms with van der Waals surface area (Å²) in [5.41, 5.74) is 0.832. The van der Waals surface area contributed by atoms with Crippen LogP contribution in [0.4, 0.5) is 5.69 Å². The minimum atomic E-state index is -3.16. The average molecular weight is 293 g/mol. The van der Waals surface area contributed by atoms with Gasteiger partial charge in [0, 0.05) is 6.54 Å². The molecule has 4 heteroatoms. The molecule has 0 aromatic heterocycles. The van der Waals surface area contributed by atoms with Crippen LogP contribution in [0.5, 0.6) is 0 Å². The largest absolute Gasteiger partial charge is 0.270 e. The quantitative estimate of drug-likeness (QED) is 0.772. The number of hydrogen-bond acceptors (Lipinski definition) is 2. The smallest absolute Gasteiger partial charge is 0.238 e. The molecule has 1 aromatic rings. The van der Waals surface area contributed by atoms with Crippen molar-refractivity contribution in [3.8, 4) is 0 Å². The maximum atomic E-state index is 12.7. The molecule has 0 unspecified atom stereocenters. The Hall–Kier alpha value is -1.03. The van der Waals surface area contributed by atoms with Gasteiger partial charge in [-0.25, -0.2) is 8.42 Å². The van der Waals surface area contributed by atoms with Gasteiger partial charge in [-0.15, -0.1) is 0 Å². The van der Waals surface area contributed by atoms with Crippen molar-refractivity contribution in [1.29, 1.82) is 0 Å². The second-order valence-corrected chi connectivity index (χ2v) is 8.25. The summed E-state index contributed by atoms with van der Waals surface area (Å²) in [5, 5.41) is -0.139. The highest BCUT2D eigenvalue weighted by Gasteiger charge is 2.42. The van der Waals surface area contributed by atoms with Crippen LogP contribution in [0.3, 0.4) is 0 Å². The maximum Gasteiger partial charge on any atom is 0.238 e. The maximum absolute atomic E-state index is 12.7. The molecule has 20 heavy (non-hydrogen) atoms. The van der Waals surface area contributed by atoms with Gasteiger partial charge in [-0.2, -0.15) is 0 Å². The van der Waals surface area contributed by atoms with E-state index in [1.165, 1.54) is 12.8 Å². The van der Waals surface area contributed by atoms with E-state index in [2.05, 4.69) is 6.92 Å². The summed E-state index contributed by atoms with van der Waals surface area (Å²) in [7, 11) is -3.16. The lowest BCUT2D eigenvalue weighted by atomic mass is 10.0. The van der Waals surface area contributed by atoms with Gasteiger partial charge < -0.3 is 0 Å². The van der Waals surface area contributed by atoms with Crippen molar-refractivity contribution in [2.75, 3.05) is 10.8 Å². The molecule has 0 heterocycles. The van der Waals surface area contributed by atoms with Crippen LogP contribution < -0.4 is 4.31 Å². The van der Waals surface area contributed by atoms with Crippen LogP contribution in [0, 0.1) is 11.8 Å². The monoisotopic (exact) mass is 293 g/mol. The van der Waals surface area contributed by atoms with Crippen LogP contribution in [0.2, 0.25) is 0 Å². The van der Waals surface area contributed by atoms with Crippen molar-refractivity contribution in [2.24, 2.45) is 11.8 Å². The van der Waals surface area contributed by atoms with Crippen LogP contribution in [0.25, 0.3) is 0 Å². The molecule has 3 rings (SSSR count). The molecule has 1 atom stereocenters. The van der Waals surface area contributed by atoms with Crippen molar-refractivity contribution in [3.63, 3.8) is 0 Å². The Bertz CT molecular complexity index is 547. The highest BCUT2D eigenvalue weighted by atomic mass is 32.2. The highest BCUT2D eigenvalue weighted by molar-refractivity contribution is 7.93. The van der Waals surface area contributed by atoms with Gasteiger partial charge in [0.2, 0.25) is 10.0 Å². The Morgan fingerprint density at radius 1 is 1.15 bits per heavy atom. The lowest BCUT2D eigenvalue weighted by Gasteiger charge is -2.28. The Morgan fingerprint density at radius 3 is 2.30 bits per heavy atom. The predicted molar refractivity (Wildman–Crippen MR) is 82.2 cm³/mol. The molecule has 110 valence electrons. The first-order chi connectivity index (χ1) is 9.63. The lowest BCUT2D eigenvalue weighted by molar-refractivity contribution is 0.456. The van der Waals surface area contributed by atoms with E-state index in [0.29, 0.717) is 12.5 Å². The molecule has 2 fully saturated rings. The highest BCUT2D eigenvalue weighted by Crippen LogP contribution is 2.41. The number of sulfonamides is 1. The molecular formula is C16H23NO2S. The summed E-state index contributed by atoms with van der Waals surface area (Å²) >= 11 is 0. The SMILES string of the molecule is CC[C@H](CN(c1ccccc1)S(=O)(=O)C1CC1)C1CC1. The summed E-state index contributed by atoms with van der Waals surface area (Å²) in [5.74, 6) is 1.24. The fraction of sp³-hybridized carbons (Fsp3) is 0.625. The average Bonchev–Trinajstić information content (AvgIpc) is 3.31. The van der Waals surface area contributed by atoms with E-state index in [1.807, 2.05) is 30.3 Å². The second kappa shape index (κ2) is 5.40. The van der Waals surface area contributed by atoms with Gasteiger partial charge in [-0.1, -0.05) is 31.5 Å². The minimum absolute atomic E-state index is 0.139. The molecule has 2 aliphatic carbocycles. The van der Waals surface area contributed by atoms with Gasteiger partial charge in [0.05, 0.1) is 10.9 Å².